The number of hydrogen-bond donors (Lipinski definition) is 2. The van der Waals surface area contributed by atoms with Gasteiger partial charge in [0.2, 0.25) is 5.91 Å². The molecule has 2 aliphatic rings. The Balaban J connectivity index is 1.58. The maximum Gasteiger partial charge on any atom is 0.221 e. The Morgan fingerprint density at radius 3 is 3.06 bits per heavy atom. The molecule has 0 spiro atoms. The van der Waals surface area contributed by atoms with E-state index in [1.165, 1.54) is 11.3 Å². The predicted octanol–water partition coefficient (Wildman–Crippen LogP) is 1.30. The van der Waals surface area contributed by atoms with E-state index in [0.717, 1.165) is 38.0 Å². The number of nitrogens with two attached hydrogens (primary N) is 1. The van der Waals surface area contributed by atoms with E-state index in [9.17, 15) is 4.79 Å². The van der Waals surface area contributed by atoms with Gasteiger partial charge in [-0.15, -0.1) is 0 Å². The SMILES string of the molecule is Nc1cccc2c1CCN2CCC(=O)NC1CC1. The zero-order chi connectivity index (χ0) is 12.5. The van der Waals surface area contributed by atoms with Gasteiger partial charge in [-0.1, -0.05) is 6.07 Å². The number of amides is 1. The molecule has 4 heteroatoms. The lowest BCUT2D eigenvalue weighted by Gasteiger charge is -2.19. The lowest BCUT2D eigenvalue weighted by atomic mass is 10.1. The molecule has 0 unspecified atom stereocenters. The molecule has 1 aliphatic heterocycles. The van der Waals surface area contributed by atoms with Gasteiger partial charge in [-0.2, -0.15) is 0 Å². The Hall–Kier alpha value is -1.71. The second-order valence-electron chi connectivity index (χ2n) is 5.17. The minimum absolute atomic E-state index is 0.176. The van der Waals surface area contributed by atoms with Crippen LogP contribution in [0.1, 0.15) is 24.8 Å². The van der Waals surface area contributed by atoms with E-state index >= 15 is 0 Å². The molecular weight excluding hydrogens is 226 g/mol. The summed E-state index contributed by atoms with van der Waals surface area (Å²) in [5.41, 5.74) is 9.27. The van der Waals surface area contributed by atoms with Gasteiger partial charge in [-0.25, -0.2) is 0 Å². The van der Waals surface area contributed by atoms with Crippen LogP contribution in [0.15, 0.2) is 18.2 Å². The summed E-state index contributed by atoms with van der Waals surface area (Å²) in [6, 6.07) is 6.48. The van der Waals surface area contributed by atoms with Gasteiger partial charge in [0.05, 0.1) is 0 Å². The van der Waals surface area contributed by atoms with Crippen molar-refractivity contribution in [2.45, 2.75) is 31.7 Å². The van der Waals surface area contributed by atoms with Crippen molar-refractivity contribution in [1.82, 2.24) is 5.32 Å². The van der Waals surface area contributed by atoms with E-state index in [2.05, 4.69) is 16.3 Å². The number of hydrogen-bond acceptors (Lipinski definition) is 3. The molecule has 1 fully saturated rings. The molecule has 0 bridgehead atoms. The highest BCUT2D eigenvalue weighted by Gasteiger charge is 2.24. The predicted molar refractivity (Wildman–Crippen MR) is 72.6 cm³/mol. The fourth-order valence-electron chi connectivity index (χ4n) is 2.52. The lowest BCUT2D eigenvalue weighted by Crippen LogP contribution is -2.31. The number of fused-ring (bicyclic) bond motifs is 1. The molecule has 0 saturated heterocycles. The van der Waals surface area contributed by atoms with Crippen molar-refractivity contribution in [2.75, 3.05) is 23.7 Å². The zero-order valence-corrected chi connectivity index (χ0v) is 10.5. The van der Waals surface area contributed by atoms with Gasteiger partial charge >= 0.3 is 0 Å². The molecule has 1 amide bonds. The van der Waals surface area contributed by atoms with Crippen molar-refractivity contribution in [2.24, 2.45) is 0 Å². The van der Waals surface area contributed by atoms with Gasteiger partial charge in [0.25, 0.3) is 0 Å². The average molecular weight is 245 g/mol. The molecule has 18 heavy (non-hydrogen) atoms. The number of nitrogen functional groups attached to an aromatic ring is 1. The Bertz CT molecular complexity index is 468. The normalized spacial score (nSPS) is 17.7. The third-order valence-corrected chi connectivity index (χ3v) is 3.71. The van der Waals surface area contributed by atoms with E-state index < -0.39 is 0 Å². The summed E-state index contributed by atoms with van der Waals surface area (Å²) in [4.78, 5) is 13.9. The summed E-state index contributed by atoms with van der Waals surface area (Å²) in [5.74, 6) is 0.176. The maximum atomic E-state index is 11.7. The van der Waals surface area contributed by atoms with Gasteiger partial charge < -0.3 is 16.0 Å². The Morgan fingerprint density at radius 1 is 1.44 bits per heavy atom. The molecule has 4 nitrogen and oxygen atoms in total. The molecule has 0 radical (unpaired) electrons. The molecule has 0 aromatic heterocycles. The topological polar surface area (TPSA) is 58.4 Å². The number of carbonyl (C=O) groups is 1. The van der Waals surface area contributed by atoms with Crippen LogP contribution < -0.4 is 16.0 Å². The standard InChI is InChI=1S/C14H19N3O/c15-12-2-1-3-13-11(12)6-8-17(13)9-7-14(18)16-10-4-5-10/h1-3,10H,4-9,15H2,(H,16,18). The van der Waals surface area contributed by atoms with Crippen molar-refractivity contribution in [3.63, 3.8) is 0 Å². The van der Waals surface area contributed by atoms with E-state index in [1.54, 1.807) is 0 Å². The van der Waals surface area contributed by atoms with E-state index in [-0.39, 0.29) is 5.91 Å². The van der Waals surface area contributed by atoms with E-state index in [4.69, 9.17) is 5.73 Å². The monoisotopic (exact) mass is 245 g/mol. The fourth-order valence-corrected chi connectivity index (χ4v) is 2.52. The van der Waals surface area contributed by atoms with Crippen LogP contribution in [0.3, 0.4) is 0 Å². The molecule has 1 saturated carbocycles. The highest BCUT2D eigenvalue weighted by molar-refractivity contribution is 5.77. The number of nitrogens with zero attached hydrogens (tertiary/aromatic N) is 1. The van der Waals surface area contributed by atoms with Gasteiger partial charge in [0.15, 0.2) is 0 Å². The second-order valence-corrected chi connectivity index (χ2v) is 5.17. The van der Waals surface area contributed by atoms with Crippen molar-refractivity contribution in [3.05, 3.63) is 23.8 Å². The summed E-state index contributed by atoms with van der Waals surface area (Å²) < 4.78 is 0. The molecule has 3 rings (SSSR count). The molecule has 1 aromatic rings. The summed E-state index contributed by atoms with van der Waals surface area (Å²) in [6.45, 7) is 1.76. The van der Waals surface area contributed by atoms with Crippen molar-refractivity contribution in [1.29, 1.82) is 0 Å². The number of carbonyl (C=O) groups excluding carboxylic acids is 1. The lowest BCUT2D eigenvalue weighted by molar-refractivity contribution is -0.121. The summed E-state index contributed by atoms with van der Waals surface area (Å²) in [6.07, 6.45) is 3.86. The number of anilines is 2. The number of rotatable bonds is 4. The Kier molecular flexibility index (Phi) is 2.86. The van der Waals surface area contributed by atoms with Crippen LogP contribution in [0.2, 0.25) is 0 Å². The van der Waals surface area contributed by atoms with Crippen LogP contribution in [0.25, 0.3) is 0 Å². The first-order chi connectivity index (χ1) is 8.74. The first-order valence-electron chi connectivity index (χ1n) is 6.66. The first-order valence-corrected chi connectivity index (χ1v) is 6.66. The molecule has 1 heterocycles. The van der Waals surface area contributed by atoms with Crippen LogP contribution in [0, 0.1) is 0 Å². The van der Waals surface area contributed by atoms with Crippen LogP contribution >= 0.6 is 0 Å². The quantitative estimate of drug-likeness (QED) is 0.786. The number of benzene rings is 1. The number of nitrogens with one attached hydrogen (secondary N) is 1. The smallest absolute Gasteiger partial charge is 0.221 e. The average Bonchev–Trinajstić information content (AvgIpc) is 3.06. The van der Waals surface area contributed by atoms with Crippen LogP contribution in [0.5, 0.6) is 0 Å². The second kappa shape index (κ2) is 4.52. The minimum atomic E-state index is 0.176. The largest absolute Gasteiger partial charge is 0.398 e. The van der Waals surface area contributed by atoms with Crippen molar-refractivity contribution < 1.29 is 4.79 Å². The zero-order valence-electron chi connectivity index (χ0n) is 10.5. The molecule has 1 aliphatic carbocycles. The molecular formula is C14H19N3O. The van der Waals surface area contributed by atoms with Gasteiger partial charge in [0, 0.05) is 42.5 Å². The first kappa shape index (κ1) is 11.4. The Labute approximate surface area is 107 Å². The Morgan fingerprint density at radius 2 is 2.28 bits per heavy atom. The molecule has 0 atom stereocenters. The van der Waals surface area contributed by atoms with Crippen LogP contribution in [0.4, 0.5) is 11.4 Å². The van der Waals surface area contributed by atoms with E-state index in [1.807, 2.05) is 12.1 Å². The van der Waals surface area contributed by atoms with Gasteiger partial charge in [0.1, 0.15) is 0 Å². The summed E-state index contributed by atoms with van der Waals surface area (Å²) >= 11 is 0. The highest BCUT2D eigenvalue weighted by Crippen LogP contribution is 2.31. The van der Waals surface area contributed by atoms with Crippen molar-refractivity contribution >= 4 is 17.3 Å². The molecule has 3 N–H and O–H groups in total. The summed E-state index contributed by atoms with van der Waals surface area (Å²) in [7, 11) is 0. The fraction of sp³-hybridized carbons (Fsp3) is 0.500. The van der Waals surface area contributed by atoms with Gasteiger partial charge in [-0.05, 0) is 31.4 Å². The maximum absolute atomic E-state index is 11.7. The summed E-state index contributed by atoms with van der Waals surface area (Å²) in [5, 5.41) is 3.02. The molecule has 96 valence electrons. The van der Waals surface area contributed by atoms with Crippen LogP contribution in [-0.2, 0) is 11.2 Å². The third kappa shape index (κ3) is 2.28. The van der Waals surface area contributed by atoms with Crippen LogP contribution in [-0.4, -0.2) is 25.0 Å². The van der Waals surface area contributed by atoms with Gasteiger partial charge in [-0.3, -0.25) is 4.79 Å². The third-order valence-electron chi connectivity index (χ3n) is 3.71. The van der Waals surface area contributed by atoms with Crippen molar-refractivity contribution in [3.8, 4) is 0 Å². The highest BCUT2D eigenvalue weighted by atomic mass is 16.1. The minimum Gasteiger partial charge on any atom is -0.398 e. The van der Waals surface area contributed by atoms with E-state index in [0.29, 0.717) is 12.5 Å². The molecule has 1 aromatic carbocycles.